The maximum Gasteiger partial charge on any atom is 0.430 e. The van der Waals surface area contributed by atoms with E-state index in [9.17, 15) is 28.6 Å². The van der Waals surface area contributed by atoms with E-state index in [1.165, 1.54) is 7.11 Å². The monoisotopic (exact) mass is 813 g/mol. The highest BCUT2D eigenvalue weighted by atomic mass is 31.2. The lowest BCUT2D eigenvalue weighted by atomic mass is 10.1. The third-order valence-electron chi connectivity index (χ3n) is 9.79. The van der Waals surface area contributed by atoms with E-state index < -0.39 is 7.75 Å². The molecule has 2 amide bonds. The van der Waals surface area contributed by atoms with Gasteiger partial charge in [-0.15, -0.1) is 0 Å². The van der Waals surface area contributed by atoms with Crippen LogP contribution < -0.4 is 15.1 Å². The van der Waals surface area contributed by atoms with Crippen LogP contribution >= 0.6 is 7.75 Å². The molecule has 16 nitrogen and oxygen atoms in total. The highest BCUT2D eigenvalue weighted by molar-refractivity contribution is 7.54. The second-order valence-corrected chi connectivity index (χ2v) is 16.0. The first kappa shape index (κ1) is 41.9. The molecule has 2 atom stereocenters. The minimum atomic E-state index is -4.04. The maximum absolute atomic E-state index is 13.3. The van der Waals surface area contributed by atoms with Crippen molar-refractivity contribution >= 4 is 54.5 Å². The molecular weight excluding hydrogens is 765 g/mol. The minimum Gasteiger partial charge on any atom is -0.493 e. The molecule has 2 aliphatic heterocycles. The second-order valence-electron chi connectivity index (χ2n) is 14.5. The molecule has 306 valence electrons. The maximum atomic E-state index is 13.3. The number of methoxy groups -OCH3 is 1. The number of nitrogens with zero attached hydrogens (tertiary/aromatic N) is 5. The van der Waals surface area contributed by atoms with Crippen LogP contribution in [0.1, 0.15) is 73.8 Å². The predicted octanol–water partition coefficient (Wildman–Crippen LogP) is 5.77. The summed E-state index contributed by atoms with van der Waals surface area (Å²) in [5.41, 5.74) is 5.26. The summed E-state index contributed by atoms with van der Waals surface area (Å²) in [5.74, 6) is 0.272. The molecule has 2 aromatic heterocycles. The molecule has 1 fully saturated rings. The van der Waals surface area contributed by atoms with Gasteiger partial charge in [0.05, 0.1) is 42.8 Å². The third kappa shape index (κ3) is 10.4. The molecule has 0 spiro atoms. The first-order chi connectivity index (χ1) is 27.7. The van der Waals surface area contributed by atoms with Gasteiger partial charge in [-0.05, 0) is 67.1 Å². The number of fused-ring (bicyclic) bond motifs is 2. The van der Waals surface area contributed by atoms with Crippen LogP contribution in [0.25, 0.3) is 0 Å². The molecule has 4 heterocycles. The number of aryl methyl sites for hydroxylation is 4. The van der Waals surface area contributed by atoms with Crippen molar-refractivity contribution in [3.8, 4) is 5.75 Å². The van der Waals surface area contributed by atoms with Crippen molar-refractivity contribution in [1.82, 2.24) is 19.0 Å². The molecule has 0 radical (unpaired) electrons. The van der Waals surface area contributed by atoms with Crippen LogP contribution in [0.2, 0.25) is 0 Å². The van der Waals surface area contributed by atoms with Crippen molar-refractivity contribution in [2.75, 3.05) is 43.9 Å². The number of aromatic nitrogens is 3. The van der Waals surface area contributed by atoms with Crippen LogP contribution in [0, 0.1) is 6.92 Å². The van der Waals surface area contributed by atoms with Gasteiger partial charge < -0.3 is 33.7 Å². The summed E-state index contributed by atoms with van der Waals surface area (Å²) in [6.45, 7) is 6.83. The van der Waals surface area contributed by atoms with Crippen LogP contribution in [0.4, 0.5) is 17.2 Å². The Morgan fingerprint density at radius 1 is 1.00 bits per heavy atom. The van der Waals surface area contributed by atoms with Crippen molar-refractivity contribution in [3.05, 3.63) is 101 Å². The summed E-state index contributed by atoms with van der Waals surface area (Å²) in [6, 6.07) is 12.0. The van der Waals surface area contributed by atoms with Gasteiger partial charge in [0, 0.05) is 77.4 Å². The van der Waals surface area contributed by atoms with E-state index in [-0.39, 0.29) is 80.1 Å². The molecule has 3 N–H and O–H groups in total. The van der Waals surface area contributed by atoms with E-state index in [4.69, 9.17) is 14.0 Å². The number of aliphatic imine (C=N–C) groups is 1. The third-order valence-corrected chi connectivity index (χ3v) is 10.9. The Kier molecular flexibility index (Phi) is 13.2. The molecule has 4 aromatic rings. The summed E-state index contributed by atoms with van der Waals surface area (Å²) >= 11 is 0. The molecule has 1 saturated heterocycles. The summed E-state index contributed by atoms with van der Waals surface area (Å²) in [6.07, 6.45) is 7.04. The molecule has 2 aromatic carbocycles. The number of ketones is 2. The number of carbonyl (C=O) groups is 4. The molecule has 2 aliphatic rings. The molecule has 0 saturated carbocycles. The zero-order valence-electron chi connectivity index (χ0n) is 33.0. The Morgan fingerprint density at radius 3 is 2.53 bits per heavy atom. The van der Waals surface area contributed by atoms with Gasteiger partial charge in [-0.1, -0.05) is 24.3 Å². The number of ether oxygens (including phenoxy) is 2. The zero-order valence-corrected chi connectivity index (χ0v) is 33.9. The SMILES string of the molecule is C=C1C[C@H]2C=Nc3cc(OCCCC(=O)Nc4cn(C)c(C(=O)Cc5cc(C(=O)CCc6ccc(NP(=O)(O)OCCOC)cc6)n(C)c5)n4)c(C)cc3C(=O)N2C1. The number of hydrogen-bond donors (Lipinski definition) is 3. The van der Waals surface area contributed by atoms with Gasteiger partial charge in [-0.2, -0.15) is 0 Å². The van der Waals surface area contributed by atoms with Crippen molar-refractivity contribution in [1.29, 1.82) is 0 Å². The molecule has 0 aliphatic carbocycles. The summed E-state index contributed by atoms with van der Waals surface area (Å²) < 4.78 is 31.2. The molecule has 58 heavy (non-hydrogen) atoms. The zero-order chi connectivity index (χ0) is 41.6. The fourth-order valence-electron chi connectivity index (χ4n) is 6.87. The first-order valence-electron chi connectivity index (χ1n) is 18.9. The average Bonchev–Trinajstić information content (AvgIpc) is 3.84. The largest absolute Gasteiger partial charge is 0.493 e. The number of carbonyl (C=O) groups excluding carboxylic acids is 4. The fraction of sp³-hybridized carbons (Fsp3) is 0.366. The van der Waals surface area contributed by atoms with Gasteiger partial charge in [0.2, 0.25) is 11.7 Å². The van der Waals surface area contributed by atoms with E-state index in [0.29, 0.717) is 59.8 Å². The van der Waals surface area contributed by atoms with Crippen LogP contribution in [-0.2, 0) is 45.6 Å². The smallest absolute Gasteiger partial charge is 0.430 e. The highest BCUT2D eigenvalue weighted by Crippen LogP contribution is 2.42. The van der Waals surface area contributed by atoms with E-state index in [2.05, 4.69) is 27.0 Å². The Labute approximate surface area is 336 Å². The number of benzene rings is 2. The van der Waals surface area contributed by atoms with Crippen molar-refractivity contribution in [2.24, 2.45) is 19.1 Å². The van der Waals surface area contributed by atoms with Crippen molar-refractivity contribution in [2.45, 2.75) is 51.5 Å². The lowest BCUT2D eigenvalue weighted by molar-refractivity contribution is -0.116. The Bertz CT molecular complexity index is 2300. The fourth-order valence-corrected chi connectivity index (χ4v) is 7.73. The normalized spacial score (nSPS) is 15.7. The highest BCUT2D eigenvalue weighted by Gasteiger charge is 2.34. The molecule has 17 heteroatoms. The number of amides is 2. The van der Waals surface area contributed by atoms with Gasteiger partial charge in [0.25, 0.3) is 5.91 Å². The van der Waals surface area contributed by atoms with Gasteiger partial charge in [0.15, 0.2) is 17.4 Å². The summed E-state index contributed by atoms with van der Waals surface area (Å²) in [5, 5.41) is 5.22. The molecule has 6 rings (SSSR count). The number of hydrogen-bond acceptors (Lipinski definition) is 10. The van der Waals surface area contributed by atoms with Crippen molar-refractivity contribution < 1.29 is 42.6 Å². The van der Waals surface area contributed by atoms with Crippen LogP contribution in [0.5, 0.6) is 5.75 Å². The van der Waals surface area contributed by atoms with E-state index in [0.717, 1.165) is 16.7 Å². The molecule has 0 bridgehead atoms. The van der Waals surface area contributed by atoms with E-state index in [1.807, 2.05) is 6.92 Å². The number of nitrogens with one attached hydrogen (secondary N) is 2. The average molecular weight is 814 g/mol. The number of rotatable bonds is 19. The Morgan fingerprint density at radius 2 is 1.78 bits per heavy atom. The standard InChI is InChI=1S/C41H48N7O9P/c1-26-17-31-22-42-33-21-37(27(2)18-32(33)41(52)48(31)23-26)56-14-6-7-39(51)43-38-25-47(4)40(44-38)36(50)20-29-19-34(46(3)24-29)35(49)13-10-28-8-11-30(12-9-28)45-58(53,54)57-16-15-55-5/h8-9,11-12,18-19,21-22,24-25,31H,1,6-7,10,13-17,20,23H2,2-5H3,(H,43,51)(H2,45,53,54)/t31-/m0/s1. The summed E-state index contributed by atoms with van der Waals surface area (Å²) in [7, 11) is 0.843. The van der Waals surface area contributed by atoms with Gasteiger partial charge in [-0.25, -0.2) is 9.55 Å². The van der Waals surface area contributed by atoms with Crippen LogP contribution in [0.3, 0.4) is 0 Å². The Balaban J connectivity index is 0.949. The summed E-state index contributed by atoms with van der Waals surface area (Å²) in [4.78, 5) is 73.0. The molecule has 1 unspecified atom stereocenters. The number of Topliss-reactive ketones (excluding diaryl/α,β-unsaturated/α-hetero) is 2. The first-order valence-corrected chi connectivity index (χ1v) is 20.4. The van der Waals surface area contributed by atoms with E-state index >= 15 is 0 Å². The van der Waals surface area contributed by atoms with Gasteiger partial charge >= 0.3 is 7.75 Å². The number of anilines is 2. The van der Waals surface area contributed by atoms with Crippen molar-refractivity contribution in [3.63, 3.8) is 0 Å². The van der Waals surface area contributed by atoms with Crippen LogP contribution in [0.15, 0.2) is 72.0 Å². The van der Waals surface area contributed by atoms with Crippen LogP contribution in [-0.4, -0.2) is 93.0 Å². The van der Waals surface area contributed by atoms with E-state index in [1.54, 1.807) is 89.2 Å². The predicted molar refractivity (Wildman–Crippen MR) is 218 cm³/mol. The quantitative estimate of drug-likeness (QED) is 0.0450. The topological polar surface area (TPSA) is 196 Å². The lowest BCUT2D eigenvalue weighted by Gasteiger charge is -2.20. The Hall–Kier alpha value is -5.67. The van der Waals surface area contributed by atoms with Gasteiger partial charge in [-0.3, -0.25) is 33.8 Å². The number of imidazole rings is 1. The van der Waals surface area contributed by atoms with Gasteiger partial charge in [0.1, 0.15) is 5.75 Å². The minimum absolute atomic E-state index is 0.00519. The lowest BCUT2D eigenvalue weighted by Crippen LogP contribution is -2.35. The second kappa shape index (κ2) is 18.3. The molecular formula is C41H48N7O9P.